The Morgan fingerprint density at radius 1 is 1.61 bits per heavy atom. The number of halogens is 1. The summed E-state index contributed by atoms with van der Waals surface area (Å²) in [5.74, 6) is 0.407. The van der Waals surface area contributed by atoms with Gasteiger partial charge in [0, 0.05) is 30.4 Å². The second-order valence-corrected chi connectivity index (χ2v) is 7.48. The first-order chi connectivity index (χ1) is 10.9. The van der Waals surface area contributed by atoms with Gasteiger partial charge in [0.2, 0.25) is 5.91 Å². The van der Waals surface area contributed by atoms with Crippen molar-refractivity contribution in [3.8, 4) is 0 Å². The van der Waals surface area contributed by atoms with Crippen LogP contribution < -0.4 is 16.4 Å². The predicted molar refractivity (Wildman–Crippen MR) is 92.3 cm³/mol. The Morgan fingerprint density at radius 3 is 3.09 bits per heavy atom. The van der Waals surface area contributed by atoms with Gasteiger partial charge in [-0.15, -0.1) is 0 Å². The molecule has 3 heterocycles. The van der Waals surface area contributed by atoms with E-state index in [-0.39, 0.29) is 23.8 Å². The molecular weight excluding hydrogens is 360 g/mol. The van der Waals surface area contributed by atoms with Crippen molar-refractivity contribution < 1.29 is 4.79 Å². The number of piperidine rings is 1. The van der Waals surface area contributed by atoms with Crippen molar-refractivity contribution in [2.75, 3.05) is 18.4 Å². The molecule has 1 atom stereocenters. The van der Waals surface area contributed by atoms with Crippen molar-refractivity contribution in [2.45, 2.75) is 32.7 Å². The van der Waals surface area contributed by atoms with Gasteiger partial charge < -0.3 is 16.4 Å². The van der Waals surface area contributed by atoms with Crippen LogP contribution in [0.15, 0.2) is 16.9 Å². The molecule has 124 valence electrons. The maximum atomic E-state index is 11.4. The van der Waals surface area contributed by atoms with E-state index in [1.807, 2.05) is 6.07 Å². The highest BCUT2D eigenvalue weighted by molar-refractivity contribution is 9.10. The van der Waals surface area contributed by atoms with E-state index in [2.05, 4.69) is 50.5 Å². The van der Waals surface area contributed by atoms with Crippen LogP contribution in [0.5, 0.6) is 0 Å². The Hall–Kier alpha value is -1.67. The number of carbonyl (C=O) groups is 1. The maximum Gasteiger partial charge on any atom is 0.222 e. The molecule has 0 radical (unpaired) electrons. The summed E-state index contributed by atoms with van der Waals surface area (Å²) < 4.78 is 2.44. The van der Waals surface area contributed by atoms with Crippen LogP contribution in [0.25, 0.3) is 5.65 Å². The Kier molecular flexibility index (Phi) is 4.29. The summed E-state index contributed by atoms with van der Waals surface area (Å²) >= 11 is 3.38. The lowest BCUT2D eigenvalue weighted by atomic mass is 9.80. The van der Waals surface area contributed by atoms with Gasteiger partial charge in [-0.3, -0.25) is 4.79 Å². The van der Waals surface area contributed by atoms with Gasteiger partial charge >= 0.3 is 0 Å². The normalized spacial score (nSPS) is 20.6. The summed E-state index contributed by atoms with van der Waals surface area (Å²) in [5, 5.41) is 11.5. The first-order valence-corrected chi connectivity index (χ1v) is 8.45. The van der Waals surface area contributed by atoms with Crippen molar-refractivity contribution in [3.05, 3.63) is 22.4 Å². The lowest BCUT2D eigenvalue weighted by Crippen LogP contribution is -2.50. The van der Waals surface area contributed by atoms with Crippen LogP contribution in [-0.2, 0) is 11.2 Å². The molecule has 0 saturated carbocycles. The molecule has 0 spiro atoms. The van der Waals surface area contributed by atoms with E-state index in [1.54, 1.807) is 10.7 Å². The van der Waals surface area contributed by atoms with E-state index in [0.29, 0.717) is 4.60 Å². The van der Waals surface area contributed by atoms with Gasteiger partial charge in [-0.05, 0) is 34.3 Å². The molecule has 1 fully saturated rings. The minimum atomic E-state index is -0.384. The molecule has 2 aromatic heterocycles. The van der Waals surface area contributed by atoms with Crippen molar-refractivity contribution >= 4 is 33.3 Å². The molecule has 4 N–H and O–H groups in total. The van der Waals surface area contributed by atoms with Crippen LogP contribution in [-0.4, -0.2) is 39.6 Å². The third-order valence-electron chi connectivity index (χ3n) is 4.34. The number of hydrogen-bond acceptors (Lipinski definition) is 5. The second-order valence-electron chi connectivity index (χ2n) is 6.66. The number of nitrogens with two attached hydrogens (primary N) is 1. The van der Waals surface area contributed by atoms with Crippen LogP contribution in [0, 0.1) is 5.41 Å². The molecule has 1 aliphatic heterocycles. The van der Waals surface area contributed by atoms with Crippen molar-refractivity contribution in [3.63, 3.8) is 0 Å². The van der Waals surface area contributed by atoms with E-state index >= 15 is 0 Å². The maximum absolute atomic E-state index is 11.4. The Bertz CT molecular complexity index is 741. The number of fused-ring (bicyclic) bond motifs is 1. The number of amides is 1. The lowest BCUT2D eigenvalue weighted by Gasteiger charge is -2.40. The molecule has 0 unspecified atom stereocenters. The molecule has 3 rings (SSSR count). The van der Waals surface area contributed by atoms with Gasteiger partial charge in [0.25, 0.3) is 0 Å². The Labute approximate surface area is 143 Å². The third-order valence-corrected chi connectivity index (χ3v) is 4.73. The minimum Gasteiger partial charge on any atom is -0.369 e. The van der Waals surface area contributed by atoms with Gasteiger partial charge in [0.05, 0.1) is 6.42 Å². The fraction of sp³-hybridized carbons (Fsp3) is 0.533. The van der Waals surface area contributed by atoms with Crippen molar-refractivity contribution in [1.82, 2.24) is 19.9 Å². The largest absolute Gasteiger partial charge is 0.369 e. The van der Waals surface area contributed by atoms with Crippen molar-refractivity contribution in [2.24, 2.45) is 11.1 Å². The van der Waals surface area contributed by atoms with Crippen molar-refractivity contribution in [1.29, 1.82) is 0 Å². The summed E-state index contributed by atoms with van der Waals surface area (Å²) in [7, 11) is 0. The van der Waals surface area contributed by atoms with Crippen LogP contribution in [0.4, 0.5) is 5.82 Å². The van der Waals surface area contributed by atoms with Gasteiger partial charge in [0.1, 0.15) is 10.4 Å². The number of nitrogens with one attached hydrogen (secondary N) is 2. The monoisotopic (exact) mass is 380 g/mol. The highest BCUT2D eigenvalue weighted by atomic mass is 79.9. The molecule has 1 saturated heterocycles. The topological polar surface area (TPSA) is 97.3 Å². The molecule has 1 aliphatic rings. The molecule has 2 aromatic rings. The molecule has 0 aromatic carbocycles. The molecule has 1 amide bonds. The third kappa shape index (κ3) is 3.32. The number of rotatable bonds is 4. The predicted octanol–water partition coefficient (Wildman–Crippen LogP) is 1.32. The zero-order valence-electron chi connectivity index (χ0n) is 13.3. The van der Waals surface area contributed by atoms with Crippen LogP contribution >= 0.6 is 15.9 Å². The number of primary amides is 1. The lowest BCUT2D eigenvalue weighted by molar-refractivity contribution is -0.117. The summed E-state index contributed by atoms with van der Waals surface area (Å²) in [4.78, 5) is 15.8. The molecule has 0 bridgehead atoms. The van der Waals surface area contributed by atoms with Gasteiger partial charge in [0.15, 0.2) is 5.65 Å². The fourth-order valence-corrected chi connectivity index (χ4v) is 3.38. The van der Waals surface area contributed by atoms with E-state index < -0.39 is 0 Å². The fourth-order valence-electron chi connectivity index (χ4n) is 3.02. The highest BCUT2D eigenvalue weighted by Crippen LogP contribution is 2.30. The molecular formula is C15H21BrN6O. The quantitative estimate of drug-likeness (QED) is 0.742. The minimum absolute atomic E-state index is 0.0855. The van der Waals surface area contributed by atoms with Gasteiger partial charge in [-0.1, -0.05) is 13.8 Å². The number of carbonyl (C=O) groups excluding carboxylic acids is 1. The first kappa shape index (κ1) is 16.2. The Morgan fingerprint density at radius 2 is 2.39 bits per heavy atom. The summed E-state index contributed by atoms with van der Waals surface area (Å²) in [6.45, 7) is 6.35. The van der Waals surface area contributed by atoms with Gasteiger partial charge in [-0.2, -0.15) is 9.61 Å². The van der Waals surface area contributed by atoms with E-state index in [1.165, 1.54) is 0 Å². The molecule has 7 nitrogen and oxygen atoms in total. The molecule has 0 aliphatic carbocycles. The number of anilines is 1. The SMILES string of the molecule is CC1(C)CNCC[C@H]1Nc1c(CC(N)=O)cnc2cc(Br)nn12. The number of aromatic nitrogens is 3. The number of hydrogen-bond donors (Lipinski definition) is 3. The molecule has 8 heteroatoms. The summed E-state index contributed by atoms with van der Waals surface area (Å²) in [6.07, 6.45) is 2.83. The van der Waals surface area contributed by atoms with Crippen LogP contribution in [0.2, 0.25) is 0 Å². The zero-order chi connectivity index (χ0) is 16.6. The average molecular weight is 381 g/mol. The summed E-state index contributed by atoms with van der Waals surface area (Å²) in [5.41, 5.74) is 6.95. The van der Waals surface area contributed by atoms with E-state index in [9.17, 15) is 4.79 Å². The molecule has 23 heavy (non-hydrogen) atoms. The average Bonchev–Trinajstić information content (AvgIpc) is 2.83. The van der Waals surface area contributed by atoms with Gasteiger partial charge in [-0.25, -0.2) is 4.98 Å². The van der Waals surface area contributed by atoms with E-state index in [4.69, 9.17) is 5.73 Å². The summed E-state index contributed by atoms with van der Waals surface area (Å²) in [6, 6.07) is 2.11. The highest BCUT2D eigenvalue weighted by Gasteiger charge is 2.33. The second kappa shape index (κ2) is 6.09. The first-order valence-electron chi connectivity index (χ1n) is 7.65. The number of nitrogens with zero attached hydrogens (tertiary/aromatic N) is 3. The van der Waals surface area contributed by atoms with Crippen LogP contribution in [0.3, 0.4) is 0 Å². The van der Waals surface area contributed by atoms with E-state index in [0.717, 1.165) is 36.5 Å². The zero-order valence-corrected chi connectivity index (χ0v) is 14.9. The Balaban J connectivity index is 2.03. The van der Waals surface area contributed by atoms with Crippen LogP contribution in [0.1, 0.15) is 25.8 Å². The smallest absolute Gasteiger partial charge is 0.222 e. The standard InChI is InChI=1S/C15H21BrN6O/c1-15(2)8-18-4-3-10(15)20-14-9(5-12(17)23)7-19-13-6-11(16)21-22(13)14/h6-7,10,18,20H,3-5,8H2,1-2H3,(H2,17,23)/t10-/m1/s1.